The van der Waals surface area contributed by atoms with Gasteiger partial charge in [-0.05, 0) is 42.4 Å². The van der Waals surface area contributed by atoms with Gasteiger partial charge in [-0.15, -0.1) is 24.0 Å². The second-order valence-electron chi connectivity index (χ2n) is 6.72. The summed E-state index contributed by atoms with van der Waals surface area (Å²) in [6.45, 7) is 4.27. The van der Waals surface area contributed by atoms with Crippen molar-refractivity contribution in [1.82, 2.24) is 16.0 Å². The molecule has 146 valence electrons. The molecule has 1 amide bonds. The molecule has 5 nitrogen and oxygen atoms in total. The van der Waals surface area contributed by atoms with E-state index in [1.54, 1.807) is 19.2 Å². The smallest absolute Gasteiger partial charge is 0.224 e. The molecule has 7 heteroatoms. The van der Waals surface area contributed by atoms with Crippen LogP contribution in [0, 0.1) is 11.2 Å². The first-order valence-electron chi connectivity index (χ1n) is 9.02. The molecule has 0 spiro atoms. The van der Waals surface area contributed by atoms with Gasteiger partial charge in [0.2, 0.25) is 5.91 Å². The van der Waals surface area contributed by atoms with Crippen LogP contribution in [-0.4, -0.2) is 38.5 Å². The van der Waals surface area contributed by atoms with E-state index in [0.717, 1.165) is 12.5 Å². The second kappa shape index (κ2) is 11.4. The van der Waals surface area contributed by atoms with Gasteiger partial charge in [0.1, 0.15) is 5.82 Å². The van der Waals surface area contributed by atoms with Crippen LogP contribution >= 0.6 is 24.0 Å². The molecule has 0 aliphatic heterocycles. The van der Waals surface area contributed by atoms with Crippen LogP contribution in [0.5, 0.6) is 0 Å². The lowest BCUT2D eigenvalue weighted by Gasteiger charge is -2.41. The van der Waals surface area contributed by atoms with Gasteiger partial charge >= 0.3 is 0 Å². The van der Waals surface area contributed by atoms with Crippen LogP contribution < -0.4 is 16.0 Å². The lowest BCUT2D eigenvalue weighted by molar-refractivity contribution is -0.120. The molecule has 0 saturated heterocycles. The van der Waals surface area contributed by atoms with Gasteiger partial charge in [0.25, 0.3) is 0 Å². The highest BCUT2D eigenvalue weighted by atomic mass is 127. The SMILES string of the molecule is CCC1(CNC(=NC)NCCNC(=O)Cc2cccc(F)c2)CCC1.I. The zero-order chi connectivity index (χ0) is 18.1. The van der Waals surface area contributed by atoms with E-state index >= 15 is 0 Å². The van der Waals surface area contributed by atoms with Crippen molar-refractivity contribution >= 4 is 35.8 Å². The van der Waals surface area contributed by atoms with E-state index in [4.69, 9.17) is 0 Å². The summed E-state index contributed by atoms with van der Waals surface area (Å²) in [6, 6.07) is 6.11. The number of amides is 1. The number of carbonyl (C=O) groups excluding carboxylic acids is 1. The number of benzene rings is 1. The Balaban J connectivity index is 0.00000338. The Kier molecular flexibility index (Phi) is 9.90. The van der Waals surface area contributed by atoms with Gasteiger partial charge in [-0.1, -0.05) is 25.5 Å². The first-order valence-corrected chi connectivity index (χ1v) is 9.02. The fraction of sp³-hybridized carbons (Fsp3) is 0.579. The Bertz CT molecular complexity index is 599. The van der Waals surface area contributed by atoms with Crippen molar-refractivity contribution in [3.8, 4) is 0 Å². The van der Waals surface area contributed by atoms with Crippen LogP contribution in [-0.2, 0) is 11.2 Å². The molecule has 1 aromatic carbocycles. The second-order valence-corrected chi connectivity index (χ2v) is 6.72. The number of aliphatic imine (C=N–C) groups is 1. The van der Waals surface area contributed by atoms with Crippen LogP contribution in [0.25, 0.3) is 0 Å². The highest BCUT2D eigenvalue weighted by Crippen LogP contribution is 2.42. The van der Waals surface area contributed by atoms with E-state index in [9.17, 15) is 9.18 Å². The number of guanidine groups is 1. The zero-order valence-electron chi connectivity index (χ0n) is 15.6. The van der Waals surface area contributed by atoms with Crippen molar-refractivity contribution < 1.29 is 9.18 Å². The average molecular weight is 476 g/mol. The standard InChI is InChI=1S/C19H29FN4O.HI/c1-3-19(8-5-9-19)14-24-18(21-2)23-11-10-22-17(25)13-15-6-4-7-16(20)12-15;/h4,6-7,12H,3,5,8-11,13-14H2,1-2H3,(H,22,25)(H2,21,23,24);1H. The van der Waals surface area contributed by atoms with Crippen molar-refractivity contribution in [2.45, 2.75) is 39.0 Å². The molecule has 1 aromatic rings. The molecule has 0 heterocycles. The minimum absolute atomic E-state index is 0. The lowest BCUT2D eigenvalue weighted by Crippen LogP contribution is -2.47. The topological polar surface area (TPSA) is 65.5 Å². The summed E-state index contributed by atoms with van der Waals surface area (Å²) in [5.41, 5.74) is 1.10. The average Bonchev–Trinajstić information content (AvgIpc) is 2.56. The number of carbonyl (C=O) groups is 1. The predicted octanol–water partition coefficient (Wildman–Crippen LogP) is 2.85. The highest BCUT2D eigenvalue weighted by Gasteiger charge is 2.34. The molecule has 0 aromatic heterocycles. The summed E-state index contributed by atoms with van der Waals surface area (Å²) in [5.74, 6) is 0.326. The minimum atomic E-state index is -0.321. The van der Waals surface area contributed by atoms with Crippen molar-refractivity contribution in [3.05, 3.63) is 35.6 Å². The molecule has 0 radical (unpaired) electrons. The van der Waals surface area contributed by atoms with Gasteiger partial charge in [-0.2, -0.15) is 0 Å². The Morgan fingerprint density at radius 1 is 1.23 bits per heavy atom. The highest BCUT2D eigenvalue weighted by molar-refractivity contribution is 14.0. The third-order valence-electron chi connectivity index (χ3n) is 5.01. The molecule has 1 aliphatic rings. The van der Waals surface area contributed by atoms with E-state index in [1.807, 2.05) is 0 Å². The van der Waals surface area contributed by atoms with Gasteiger partial charge < -0.3 is 16.0 Å². The molecule has 2 rings (SSSR count). The minimum Gasteiger partial charge on any atom is -0.356 e. The maximum Gasteiger partial charge on any atom is 0.224 e. The van der Waals surface area contributed by atoms with E-state index in [0.29, 0.717) is 24.1 Å². The number of hydrogen-bond acceptors (Lipinski definition) is 2. The first-order chi connectivity index (χ1) is 12.1. The molecule has 0 unspecified atom stereocenters. The Hall–Kier alpha value is -1.38. The molecule has 26 heavy (non-hydrogen) atoms. The van der Waals surface area contributed by atoms with Crippen molar-refractivity contribution in [2.24, 2.45) is 10.4 Å². The van der Waals surface area contributed by atoms with Crippen LogP contribution in [0.4, 0.5) is 4.39 Å². The Morgan fingerprint density at radius 3 is 2.54 bits per heavy atom. The Labute approximate surface area is 172 Å². The van der Waals surface area contributed by atoms with Crippen LogP contribution in [0.2, 0.25) is 0 Å². The molecular formula is C19H30FIN4O. The summed E-state index contributed by atoms with van der Waals surface area (Å²) >= 11 is 0. The molecule has 1 fully saturated rings. The van der Waals surface area contributed by atoms with Crippen LogP contribution in [0.15, 0.2) is 29.3 Å². The summed E-state index contributed by atoms with van der Waals surface area (Å²) < 4.78 is 13.1. The maximum absolute atomic E-state index is 13.1. The van der Waals surface area contributed by atoms with Gasteiger partial charge in [0, 0.05) is 26.7 Å². The first kappa shape index (κ1) is 22.7. The molecule has 1 saturated carbocycles. The van der Waals surface area contributed by atoms with Gasteiger partial charge in [0.05, 0.1) is 6.42 Å². The predicted molar refractivity (Wildman–Crippen MR) is 114 cm³/mol. The molecular weight excluding hydrogens is 446 g/mol. The molecule has 0 atom stereocenters. The number of nitrogens with one attached hydrogen (secondary N) is 3. The summed E-state index contributed by atoms with van der Waals surface area (Å²) in [6.07, 6.45) is 5.25. The summed E-state index contributed by atoms with van der Waals surface area (Å²) in [5, 5.41) is 9.42. The number of hydrogen-bond donors (Lipinski definition) is 3. The largest absolute Gasteiger partial charge is 0.356 e. The van der Waals surface area contributed by atoms with E-state index in [1.165, 1.54) is 37.8 Å². The number of rotatable bonds is 8. The normalized spacial score (nSPS) is 15.4. The van der Waals surface area contributed by atoms with E-state index < -0.39 is 0 Å². The van der Waals surface area contributed by atoms with Gasteiger partial charge in [-0.25, -0.2) is 4.39 Å². The molecule has 3 N–H and O–H groups in total. The summed E-state index contributed by atoms with van der Waals surface area (Å²) in [7, 11) is 1.75. The van der Waals surface area contributed by atoms with E-state index in [-0.39, 0.29) is 42.1 Å². The maximum atomic E-state index is 13.1. The Morgan fingerprint density at radius 2 is 1.96 bits per heavy atom. The third-order valence-corrected chi connectivity index (χ3v) is 5.01. The zero-order valence-corrected chi connectivity index (χ0v) is 17.9. The van der Waals surface area contributed by atoms with Gasteiger partial charge in [0.15, 0.2) is 5.96 Å². The number of nitrogens with zero attached hydrogens (tertiary/aromatic N) is 1. The van der Waals surface area contributed by atoms with E-state index in [2.05, 4.69) is 27.9 Å². The fourth-order valence-electron chi connectivity index (χ4n) is 3.10. The quantitative estimate of drug-likeness (QED) is 0.234. The lowest BCUT2D eigenvalue weighted by atomic mass is 9.67. The monoisotopic (exact) mass is 476 g/mol. The van der Waals surface area contributed by atoms with Crippen LogP contribution in [0.3, 0.4) is 0 Å². The van der Waals surface area contributed by atoms with Crippen molar-refractivity contribution in [1.29, 1.82) is 0 Å². The van der Waals surface area contributed by atoms with Crippen molar-refractivity contribution in [2.75, 3.05) is 26.7 Å². The molecule has 1 aliphatic carbocycles. The fourth-order valence-corrected chi connectivity index (χ4v) is 3.10. The van der Waals surface area contributed by atoms with Gasteiger partial charge in [-0.3, -0.25) is 9.79 Å². The number of halogens is 2. The van der Waals surface area contributed by atoms with Crippen LogP contribution in [0.1, 0.15) is 38.2 Å². The van der Waals surface area contributed by atoms with Crippen molar-refractivity contribution in [3.63, 3.8) is 0 Å². The molecule has 0 bridgehead atoms. The third kappa shape index (κ3) is 7.09. The summed E-state index contributed by atoms with van der Waals surface area (Å²) in [4.78, 5) is 16.1.